The number of amides is 1. The lowest BCUT2D eigenvalue weighted by Gasteiger charge is -2.07. The van der Waals surface area contributed by atoms with Crippen LogP contribution in [0.4, 0.5) is 0 Å². The fourth-order valence-corrected chi connectivity index (χ4v) is 2.47. The Kier molecular flexibility index (Phi) is 6.58. The molecule has 1 aromatic rings. The lowest BCUT2D eigenvalue weighted by molar-refractivity contribution is -0.118. The molecule has 0 saturated carbocycles. The zero-order valence-corrected chi connectivity index (χ0v) is 12.1. The lowest BCUT2D eigenvalue weighted by Crippen LogP contribution is -2.25. The molecule has 0 atom stereocenters. The molecular formula is C15H21NOS. The van der Waals surface area contributed by atoms with E-state index < -0.39 is 0 Å². The third-order valence-electron chi connectivity index (χ3n) is 2.57. The Morgan fingerprint density at radius 2 is 2.17 bits per heavy atom. The molecule has 1 N–H and O–H groups in total. The highest BCUT2D eigenvalue weighted by atomic mass is 32.2. The Labute approximate surface area is 114 Å². The first-order valence-corrected chi connectivity index (χ1v) is 7.20. The zero-order valence-electron chi connectivity index (χ0n) is 11.3. The summed E-state index contributed by atoms with van der Waals surface area (Å²) in [6, 6.07) is 6.32. The topological polar surface area (TPSA) is 29.1 Å². The van der Waals surface area contributed by atoms with Crippen molar-refractivity contribution in [2.24, 2.45) is 0 Å². The summed E-state index contributed by atoms with van der Waals surface area (Å²) in [5.74, 6) is 0.588. The van der Waals surface area contributed by atoms with Crippen LogP contribution in [0, 0.1) is 13.8 Å². The molecule has 1 amide bonds. The van der Waals surface area contributed by atoms with E-state index >= 15 is 0 Å². The van der Waals surface area contributed by atoms with E-state index in [9.17, 15) is 4.79 Å². The van der Waals surface area contributed by atoms with Crippen LogP contribution in [0.3, 0.4) is 0 Å². The van der Waals surface area contributed by atoms with Crippen LogP contribution < -0.4 is 5.32 Å². The molecule has 0 radical (unpaired) electrons. The number of carbonyl (C=O) groups excluding carboxylic acids is 1. The van der Waals surface area contributed by atoms with Gasteiger partial charge in [-0.2, -0.15) is 0 Å². The predicted octanol–water partition coefficient (Wildman–Crippen LogP) is 3.48. The van der Waals surface area contributed by atoms with Crippen molar-refractivity contribution in [3.63, 3.8) is 0 Å². The number of aryl methyl sites for hydroxylation is 2. The Balaban J connectivity index is 2.35. The maximum absolute atomic E-state index is 11.6. The predicted molar refractivity (Wildman–Crippen MR) is 79.1 cm³/mol. The number of thioether (sulfide) groups is 1. The molecule has 0 saturated heterocycles. The van der Waals surface area contributed by atoms with Gasteiger partial charge in [0.2, 0.25) is 5.91 Å². The van der Waals surface area contributed by atoms with Gasteiger partial charge in [0.1, 0.15) is 0 Å². The third kappa shape index (κ3) is 5.41. The van der Waals surface area contributed by atoms with E-state index in [0.717, 1.165) is 13.0 Å². The van der Waals surface area contributed by atoms with Gasteiger partial charge in [0, 0.05) is 11.4 Å². The lowest BCUT2D eigenvalue weighted by atomic mass is 10.2. The molecule has 0 fully saturated rings. The van der Waals surface area contributed by atoms with E-state index in [1.807, 2.05) is 13.0 Å². The Morgan fingerprint density at radius 1 is 1.39 bits per heavy atom. The monoisotopic (exact) mass is 263 g/mol. The van der Waals surface area contributed by atoms with Crippen molar-refractivity contribution in [1.82, 2.24) is 5.32 Å². The average molecular weight is 263 g/mol. The number of nitrogens with one attached hydrogen (secondary N) is 1. The van der Waals surface area contributed by atoms with Crippen molar-refractivity contribution < 1.29 is 4.79 Å². The number of carbonyl (C=O) groups is 1. The van der Waals surface area contributed by atoms with Gasteiger partial charge in [-0.25, -0.2) is 0 Å². The fourth-order valence-electron chi connectivity index (χ4n) is 1.52. The van der Waals surface area contributed by atoms with Crippen molar-refractivity contribution in [3.05, 3.63) is 41.5 Å². The molecule has 0 aromatic heterocycles. The minimum Gasteiger partial charge on any atom is -0.355 e. The van der Waals surface area contributed by atoms with Crippen LogP contribution >= 0.6 is 11.8 Å². The summed E-state index contributed by atoms with van der Waals surface area (Å²) in [6.45, 7) is 6.85. The molecule has 0 aliphatic rings. The maximum atomic E-state index is 11.6. The van der Waals surface area contributed by atoms with Crippen molar-refractivity contribution in [2.75, 3.05) is 12.3 Å². The molecule has 1 aromatic carbocycles. The molecule has 0 aliphatic carbocycles. The Morgan fingerprint density at radius 3 is 2.89 bits per heavy atom. The fraction of sp³-hybridized carbons (Fsp3) is 0.400. The van der Waals surface area contributed by atoms with Crippen molar-refractivity contribution in [3.8, 4) is 0 Å². The summed E-state index contributed by atoms with van der Waals surface area (Å²) in [5.41, 5.74) is 2.46. The first-order chi connectivity index (χ1) is 8.63. The van der Waals surface area contributed by atoms with Crippen LogP contribution in [0.15, 0.2) is 35.2 Å². The Hall–Kier alpha value is -1.22. The first kappa shape index (κ1) is 14.8. The van der Waals surface area contributed by atoms with Crippen molar-refractivity contribution >= 4 is 17.7 Å². The molecule has 1 rings (SSSR count). The molecule has 0 aliphatic heterocycles. The first-order valence-electron chi connectivity index (χ1n) is 6.21. The highest BCUT2D eigenvalue weighted by Crippen LogP contribution is 2.23. The molecule has 18 heavy (non-hydrogen) atoms. The van der Waals surface area contributed by atoms with Crippen LogP contribution in [-0.4, -0.2) is 18.2 Å². The van der Waals surface area contributed by atoms with Crippen LogP contribution in [0.25, 0.3) is 0 Å². The maximum Gasteiger partial charge on any atom is 0.230 e. The van der Waals surface area contributed by atoms with Crippen molar-refractivity contribution in [2.45, 2.75) is 32.1 Å². The second-order valence-electron chi connectivity index (χ2n) is 4.27. The molecule has 0 unspecified atom stereocenters. The second kappa shape index (κ2) is 7.98. The number of benzene rings is 1. The summed E-state index contributed by atoms with van der Waals surface area (Å²) in [7, 11) is 0. The summed E-state index contributed by atoms with van der Waals surface area (Å²) in [6.07, 6.45) is 4.95. The number of hydrogen-bond donors (Lipinski definition) is 1. The van der Waals surface area contributed by atoms with Gasteiger partial charge in [-0.15, -0.1) is 11.8 Å². The summed E-state index contributed by atoms with van der Waals surface area (Å²) in [5, 5.41) is 2.91. The van der Waals surface area contributed by atoms with E-state index in [0.29, 0.717) is 5.75 Å². The second-order valence-corrected chi connectivity index (χ2v) is 5.28. The van der Waals surface area contributed by atoms with Gasteiger partial charge in [0.05, 0.1) is 5.75 Å². The largest absolute Gasteiger partial charge is 0.355 e. The smallest absolute Gasteiger partial charge is 0.230 e. The number of rotatable bonds is 6. The molecule has 3 heteroatoms. The summed E-state index contributed by atoms with van der Waals surface area (Å²) >= 11 is 1.60. The molecule has 2 nitrogen and oxygen atoms in total. The zero-order chi connectivity index (χ0) is 13.4. The molecule has 0 bridgehead atoms. The average Bonchev–Trinajstić information content (AvgIpc) is 2.36. The third-order valence-corrected chi connectivity index (χ3v) is 3.73. The van der Waals surface area contributed by atoms with Gasteiger partial charge < -0.3 is 5.32 Å². The highest BCUT2D eigenvalue weighted by Gasteiger charge is 2.04. The van der Waals surface area contributed by atoms with Crippen LogP contribution in [0.1, 0.15) is 24.5 Å². The van der Waals surface area contributed by atoms with Crippen LogP contribution in [-0.2, 0) is 4.79 Å². The standard InChI is InChI=1S/C15H21NOS/c1-4-5-6-9-16-15(17)11-18-14-10-12(2)7-8-13(14)3/h4-5,7-8,10H,6,9,11H2,1-3H3,(H,16,17)/b5-4+. The van der Waals surface area contributed by atoms with Gasteiger partial charge in [-0.3, -0.25) is 4.79 Å². The summed E-state index contributed by atoms with van der Waals surface area (Å²) in [4.78, 5) is 12.8. The van der Waals surface area contributed by atoms with Gasteiger partial charge >= 0.3 is 0 Å². The van der Waals surface area contributed by atoms with Crippen LogP contribution in [0.5, 0.6) is 0 Å². The van der Waals surface area contributed by atoms with E-state index in [1.165, 1.54) is 16.0 Å². The molecular weight excluding hydrogens is 242 g/mol. The van der Waals surface area contributed by atoms with Gasteiger partial charge in [-0.05, 0) is 38.8 Å². The minimum atomic E-state index is 0.102. The van der Waals surface area contributed by atoms with E-state index in [4.69, 9.17) is 0 Å². The summed E-state index contributed by atoms with van der Waals surface area (Å²) < 4.78 is 0. The SMILES string of the molecule is C/C=C/CCNC(=O)CSc1cc(C)ccc1C. The number of allylic oxidation sites excluding steroid dienone is 1. The van der Waals surface area contributed by atoms with E-state index in [-0.39, 0.29) is 5.91 Å². The van der Waals surface area contributed by atoms with Gasteiger partial charge in [0.25, 0.3) is 0 Å². The van der Waals surface area contributed by atoms with Gasteiger partial charge in [0.15, 0.2) is 0 Å². The van der Waals surface area contributed by atoms with E-state index in [1.54, 1.807) is 11.8 Å². The quantitative estimate of drug-likeness (QED) is 0.483. The normalized spacial score (nSPS) is 10.8. The van der Waals surface area contributed by atoms with E-state index in [2.05, 4.69) is 43.4 Å². The molecule has 0 heterocycles. The number of hydrogen-bond acceptors (Lipinski definition) is 2. The van der Waals surface area contributed by atoms with Gasteiger partial charge in [-0.1, -0.05) is 29.8 Å². The van der Waals surface area contributed by atoms with Crippen molar-refractivity contribution in [1.29, 1.82) is 0 Å². The molecule has 98 valence electrons. The molecule has 0 spiro atoms. The Bertz CT molecular complexity index is 427. The minimum absolute atomic E-state index is 0.102. The van der Waals surface area contributed by atoms with Crippen LogP contribution in [0.2, 0.25) is 0 Å². The highest BCUT2D eigenvalue weighted by molar-refractivity contribution is 8.00.